The second kappa shape index (κ2) is 13.5. The molecule has 7 nitrogen and oxygen atoms in total. The molecular weight excluding hydrogens is 474 g/mol. The molecular formula is C28H41N3O4S. The van der Waals surface area contributed by atoms with Gasteiger partial charge in [-0.1, -0.05) is 97.3 Å². The fourth-order valence-corrected chi connectivity index (χ4v) is 4.63. The van der Waals surface area contributed by atoms with Gasteiger partial charge >= 0.3 is 5.97 Å². The Morgan fingerprint density at radius 3 is 2.11 bits per heavy atom. The Bertz CT molecular complexity index is 993. The topological polar surface area (TPSA) is 96.5 Å². The summed E-state index contributed by atoms with van der Waals surface area (Å²) in [5.41, 5.74) is 2.66. The maximum Gasteiger partial charge on any atom is 0.328 e. The molecule has 1 aromatic rings. The summed E-state index contributed by atoms with van der Waals surface area (Å²) in [5.74, 6) is -1.26. The van der Waals surface area contributed by atoms with Crippen molar-refractivity contribution in [3.05, 3.63) is 41.5 Å². The van der Waals surface area contributed by atoms with Crippen LogP contribution in [0.5, 0.6) is 0 Å². The first kappa shape index (κ1) is 29.5. The average Bonchev–Trinajstić information content (AvgIpc) is 2.89. The Balaban J connectivity index is 2.37. The molecule has 0 radical (unpaired) electrons. The highest BCUT2D eigenvalue weighted by molar-refractivity contribution is 7.80. The summed E-state index contributed by atoms with van der Waals surface area (Å²) in [4.78, 5) is 39.6. The van der Waals surface area contributed by atoms with Crippen LogP contribution in [0.15, 0.2) is 30.3 Å². The second-order valence-electron chi connectivity index (χ2n) is 9.75. The number of carbonyl (C=O) groups is 3. The number of carbonyl (C=O) groups excluding carboxylic acids is 3. The van der Waals surface area contributed by atoms with Crippen molar-refractivity contribution in [3.63, 3.8) is 0 Å². The van der Waals surface area contributed by atoms with E-state index in [0.717, 1.165) is 23.1 Å². The predicted molar refractivity (Wildman–Crippen MR) is 147 cm³/mol. The summed E-state index contributed by atoms with van der Waals surface area (Å²) >= 11 is 5.60. The molecule has 0 unspecified atom stereocenters. The van der Waals surface area contributed by atoms with Gasteiger partial charge in [0.1, 0.15) is 17.1 Å². The molecule has 6 atom stereocenters. The third-order valence-electron chi connectivity index (χ3n) is 7.36. The first-order chi connectivity index (χ1) is 17.1. The summed E-state index contributed by atoms with van der Waals surface area (Å²) in [6, 6.07) is 6.08. The van der Waals surface area contributed by atoms with Crippen molar-refractivity contribution in [2.75, 3.05) is 7.11 Å². The zero-order valence-corrected chi connectivity index (χ0v) is 23.3. The van der Waals surface area contributed by atoms with Crippen LogP contribution in [0, 0.1) is 17.8 Å². The molecule has 198 valence electrons. The monoisotopic (exact) mass is 515 g/mol. The number of benzene rings is 1. The molecule has 1 heterocycles. The predicted octanol–water partition coefficient (Wildman–Crippen LogP) is 4.00. The molecule has 0 fully saturated rings. The molecule has 8 heteroatoms. The largest absolute Gasteiger partial charge is 0.467 e. The lowest BCUT2D eigenvalue weighted by Crippen LogP contribution is -2.55. The van der Waals surface area contributed by atoms with Gasteiger partial charge in [0, 0.05) is 11.6 Å². The zero-order chi connectivity index (χ0) is 27.0. The quantitative estimate of drug-likeness (QED) is 0.234. The van der Waals surface area contributed by atoms with Crippen molar-refractivity contribution < 1.29 is 19.1 Å². The van der Waals surface area contributed by atoms with E-state index in [1.807, 2.05) is 52.0 Å². The first-order valence-electron chi connectivity index (χ1n) is 12.9. The van der Waals surface area contributed by atoms with Crippen LogP contribution in [0.4, 0.5) is 0 Å². The number of esters is 1. The lowest BCUT2D eigenvalue weighted by molar-refractivity contribution is -0.147. The van der Waals surface area contributed by atoms with Crippen LogP contribution in [-0.4, -0.2) is 48.0 Å². The van der Waals surface area contributed by atoms with E-state index >= 15 is 0 Å². The Labute approximate surface area is 220 Å². The van der Waals surface area contributed by atoms with Gasteiger partial charge in [-0.3, -0.25) is 9.59 Å². The summed E-state index contributed by atoms with van der Waals surface area (Å²) in [6.07, 6.45) is 3.86. The number of thiocarbonyl (C=S) groups is 1. The standard InChI is InChI=1S/C28H41N3O4S/c1-8-16(4)23-21(19-13-11-12-14-20(19)27(36)31-23)15-22(32)29-24(17(5)9-2)26(33)30-25(18(6)10-3)28(34)35-7/h11-18,23-25H,8-10H2,1-7H3,(H,29,32)(H,30,33)(H,31,36)/b21-15-/t16-,17-,18-,23-,24+,25+/m0/s1. The minimum atomic E-state index is -0.800. The van der Waals surface area contributed by atoms with Crippen molar-refractivity contribution in [1.82, 2.24) is 16.0 Å². The molecule has 2 amide bonds. The number of nitrogens with one attached hydrogen (secondary N) is 3. The van der Waals surface area contributed by atoms with Crippen LogP contribution in [-0.2, 0) is 19.1 Å². The van der Waals surface area contributed by atoms with E-state index < -0.39 is 24.0 Å². The summed E-state index contributed by atoms with van der Waals surface area (Å²) in [6.45, 7) is 11.9. The van der Waals surface area contributed by atoms with Crippen molar-refractivity contribution in [2.24, 2.45) is 17.8 Å². The molecule has 1 aromatic carbocycles. The van der Waals surface area contributed by atoms with Gasteiger partial charge in [-0.2, -0.15) is 0 Å². The molecule has 1 aliphatic heterocycles. The van der Waals surface area contributed by atoms with Crippen LogP contribution in [0.2, 0.25) is 0 Å². The molecule has 0 spiro atoms. The van der Waals surface area contributed by atoms with Gasteiger partial charge in [-0.15, -0.1) is 0 Å². The highest BCUT2D eigenvalue weighted by Gasteiger charge is 2.34. The molecule has 2 rings (SSSR count). The average molecular weight is 516 g/mol. The zero-order valence-electron chi connectivity index (χ0n) is 22.5. The molecule has 0 saturated carbocycles. The molecule has 0 aliphatic carbocycles. The number of hydrogen-bond acceptors (Lipinski definition) is 5. The molecule has 36 heavy (non-hydrogen) atoms. The van der Waals surface area contributed by atoms with Crippen LogP contribution in [0.1, 0.15) is 71.9 Å². The fraction of sp³-hybridized carbons (Fsp3) is 0.571. The van der Waals surface area contributed by atoms with E-state index in [-0.39, 0.29) is 29.7 Å². The maximum absolute atomic E-state index is 13.3. The van der Waals surface area contributed by atoms with E-state index in [9.17, 15) is 14.4 Å². The SMILES string of the molecule is CC[C@H](C)[C@@H]1NC(=S)c2ccccc2/C1=C/C(=O)N[C@@H](C(=O)N[C@@H](C(=O)OC)[C@@H](C)CC)[C@@H](C)CC. The summed E-state index contributed by atoms with van der Waals surface area (Å²) in [5, 5.41) is 9.14. The van der Waals surface area contributed by atoms with Crippen LogP contribution in [0.25, 0.3) is 5.57 Å². The lowest BCUT2D eigenvalue weighted by Gasteiger charge is -2.34. The Hall–Kier alpha value is -2.74. The summed E-state index contributed by atoms with van der Waals surface area (Å²) < 4.78 is 4.90. The number of rotatable bonds is 11. The van der Waals surface area contributed by atoms with Gasteiger partial charge < -0.3 is 20.7 Å². The number of amides is 2. The van der Waals surface area contributed by atoms with E-state index in [1.165, 1.54) is 7.11 Å². The normalized spacial score (nSPS) is 20.2. The van der Waals surface area contributed by atoms with Gasteiger partial charge in [0.15, 0.2) is 0 Å². The van der Waals surface area contributed by atoms with Crippen molar-refractivity contribution in [3.8, 4) is 0 Å². The van der Waals surface area contributed by atoms with Crippen molar-refractivity contribution >= 4 is 40.6 Å². The second-order valence-corrected chi connectivity index (χ2v) is 10.2. The van der Waals surface area contributed by atoms with Gasteiger partial charge in [-0.25, -0.2) is 4.79 Å². The smallest absolute Gasteiger partial charge is 0.328 e. The van der Waals surface area contributed by atoms with Gasteiger partial charge in [0.25, 0.3) is 0 Å². The Morgan fingerprint density at radius 2 is 1.56 bits per heavy atom. The van der Waals surface area contributed by atoms with Gasteiger partial charge in [0.2, 0.25) is 11.8 Å². The molecule has 0 bridgehead atoms. The molecule has 1 aliphatic rings. The number of hydrogen-bond donors (Lipinski definition) is 3. The van der Waals surface area contributed by atoms with Crippen molar-refractivity contribution in [1.29, 1.82) is 0 Å². The number of ether oxygens (including phenoxy) is 1. The van der Waals surface area contributed by atoms with E-state index in [1.54, 1.807) is 6.08 Å². The summed E-state index contributed by atoms with van der Waals surface area (Å²) in [7, 11) is 1.30. The minimum absolute atomic E-state index is 0.109. The van der Waals surface area contributed by atoms with E-state index in [4.69, 9.17) is 17.0 Å². The highest BCUT2D eigenvalue weighted by Crippen LogP contribution is 2.32. The fourth-order valence-electron chi connectivity index (χ4n) is 4.33. The minimum Gasteiger partial charge on any atom is -0.467 e. The molecule has 0 saturated heterocycles. The van der Waals surface area contributed by atoms with Crippen LogP contribution < -0.4 is 16.0 Å². The number of fused-ring (bicyclic) bond motifs is 1. The van der Waals surface area contributed by atoms with E-state index in [2.05, 4.69) is 29.8 Å². The third kappa shape index (κ3) is 6.93. The van der Waals surface area contributed by atoms with Crippen LogP contribution >= 0.6 is 12.2 Å². The Kier molecular flexibility index (Phi) is 11.1. The first-order valence-corrected chi connectivity index (χ1v) is 13.3. The Morgan fingerprint density at radius 1 is 0.972 bits per heavy atom. The third-order valence-corrected chi connectivity index (χ3v) is 7.70. The van der Waals surface area contributed by atoms with Crippen LogP contribution in [0.3, 0.4) is 0 Å². The lowest BCUT2D eigenvalue weighted by atomic mass is 9.83. The van der Waals surface area contributed by atoms with Gasteiger partial charge in [-0.05, 0) is 28.9 Å². The molecule has 3 N–H and O–H groups in total. The highest BCUT2D eigenvalue weighted by atomic mass is 32.1. The van der Waals surface area contributed by atoms with Crippen molar-refractivity contribution in [2.45, 2.75) is 78.9 Å². The number of methoxy groups -OCH3 is 1. The molecule has 0 aromatic heterocycles. The maximum atomic E-state index is 13.3. The van der Waals surface area contributed by atoms with Gasteiger partial charge in [0.05, 0.1) is 13.2 Å². The van der Waals surface area contributed by atoms with E-state index in [0.29, 0.717) is 17.8 Å².